The molecule has 0 saturated carbocycles. The fourth-order valence-electron chi connectivity index (χ4n) is 2.50. The second-order valence-electron chi connectivity index (χ2n) is 5.08. The van der Waals surface area contributed by atoms with E-state index in [1.807, 2.05) is 11.8 Å². The number of carbonyl (C=O) groups is 1. The first-order valence-corrected chi connectivity index (χ1v) is 7.05. The summed E-state index contributed by atoms with van der Waals surface area (Å²) in [5.41, 5.74) is 5.61. The van der Waals surface area contributed by atoms with E-state index >= 15 is 0 Å². The Bertz CT molecular complexity index is 321. The van der Waals surface area contributed by atoms with Gasteiger partial charge in [-0.25, -0.2) is 0 Å². The number of carbonyl (C=O) groups excluding carboxylic acids is 1. The quantitative estimate of drug-likeness (QED) is 0.333. The van der Waals surface area contributed by atoms with Gasteiger partial charge in [-0.1, -0.05) is 19.0 Å². The second-order valence-corrected chi connectivity index (χ2v) is 5.08. The van der Waals surface area contributed by atoms with Crippen LogP contribution in [-0.4, -0.2) is 59.0 Å². The standard InChI is InChI=1S/C13H26N4O2/c1-4-11(5-2)13(18)17-8-6-16(7-9-17)10(3)12(14)15-19/h10-11,19H,4-9H2,1-3H3,(H2,14,15). The first kappa shape index (κ1) is 15.8. The zero-order valence-electron chi connectivity index (χ0n) is 12.2. The second kappa shape index (κ2) is 7.33. The van der Waals surface area contributed by atoms with Crippen molar-refractivity contribution in [2.75, 3.05) is 26.2 Å². The van der Waals surface area contributed by atoms with Crippen molar-refractivity contribution in [3.05, 3.63) is 0 Å². The number of piperazine rings is 1. The van der Waals surface area contributed by atoms with Crippen molar-refractivity contribution in [2.24, 2.45) is 16.8 Å². The third-order valence-corrected chi connectivity index (χ3v) is 4.05. The summed E-state index contributed by atoms with van der Waals surface area (Å²) in [4.78, 5) is 16.3. The summed E-state index contributed by atoms with van der Waals surface area (Å²) in [6.07, 6.45) is 1.80. The number of nitrogens with zero attached hydrogens (tertiary/aromatic N) is 3. The molecule has 1 unspecified atom stereocenters. The fourth-order valence-corrected chi connectivity index (χ4v) is 2.50. The third kappa shape index (κ3) is 3.83. The highest BCUT2D eigenvalue weighted by atomic mass is 16.4. The van der Waals surface area contributed by atoms with Gasteiger partial charge in [0, 0.05) is 32.1 Å². The summed E-state index contributed by atoms with van der Waals surface area (Å²) in [5.74, 6) is 0.633. The van der Waals surface area contributed by atoms with E-state index in [2.05, 4.69) is 23.9 Å². The number of amidine groups is 1. The highest BCUT2D eigenvalue weighted by Gasteiger charge is 2.28. The first-order chi connectivity index (χ1) is 9.04. The minimum absolute atomic E-state index is 0.0876. The molecule has 0 radical (unpaired) electrons. The molecule has 1 fully saturated rings. The van der Waals surface area contributed by atoms with Gasteiger partial charge in [0.25, 0.3) is 0 Å². The molecular formula is C13H26N4O2. The SMILES string of the molecule is CCC(CC)C(=O)N1CCN(C(C)C(N)=NO)CC1. The largest absolute Gasteiger partial charge is 0.409 e. The Labute approximate surface area is 115 Å². The lowest BCUT2D eigenvalue weighted by Crippen LogP contribution is -2.55. The zero-order chi connectivity index (χ0) is 14.4. The van der Waals surface area contributed by atoms with E-state index in [1.165, 1.54) is 0 Å². The van der Waals surface area contributed by atoms with Gasteiger partial charge in [0.2, 0.25) is 5.91 Å². The Hall–Kier alpha value is -1.30. The third-order valence-electron chi connectivity index (χ3n) is 4.05. The van der Waals surface area contributed by atoms with E-state index in [0.717, 1.165) is 39.0 Å². The monoisotopic (exact) mass is 270 g/mol. The van der Waals surface area contributed by atoms with Crippen molar-refractivity contribution in [3.63, 3.8) is 0 Å². The van der Waals surface area contributed by atoms with Crippen molar-refractivity contribution in [1.82, 2.24) is 9.80 Å². The van der Waals surface area contributed by atoms with Gasteiger partial charge in [-0.3, -0.25) is 9.69 Å². The van der Waals surface area contributed by atoms with Crippen LogP contribution in [-0.2, 0) is 4.79 Å². The van der Waals surface area contributed by atoms with E-state index in [4.69, 9.17) is 10.9 Å². The van der Waals surface area contributed by atoms with Gasteiger partial charge in [-0.15, -0.1) is 0 Å². The molecule has 0 aliphatic carbocycles. The maximum absolute atomic E-state index is 12.2. The van der Waals surface area contributed by atoms with Crippen molar-refractivity contribution >= 4 is 11.7 Å². The summed E-state index contributed by atoms with van der Waals surface area (Å²) >= 11 is 0. The predicted octanol–water partition coefficient (Wildman–Crippen LogP) is 0.702. The topological polar surface area (TPSA) is 82.2 Å². The molecule has 19 heavy (non-hydrogen) atoms. The van der Waals surface area contributed by atoms with Crippen LogP contribution in [0.2, 0.25) is 0 Å². The van der Waals surface area contributed by atoms with Gasteiger partial charge in [0.1, 0.15) is 0 Å². The van der Waals surface area contributed by atoms with Gasteiger partial charge >= 0.3 is 0 Å². The summed E-state index contributed by atoms with van der Waals surface area (Å²) in [6, 6.07) is -0.0876. The molecule has 110 valence electrons. The summed E-state index contributed by atoms with van der Waals surface area (Å²) in [6.45, 7) is 9.00. The normalized spacial score (nSPS) is 19.8. The van der Waals surface area contributed by atoms with Gasteiger partial charge in [0.15, 0.2) is 5.84 Å². The number of hydrogen-bond donors (Lipinski definition) is 2. The first-order valence-electron chi connectivity index (χ1n) is 7.05. The highest BCUT2D eigenvalue weighted by Crippen LogP contribution is 2.14. The van der Waals surface area contributed by atoms with Crippen LogP contribution in [0.25, 0.3) is 0 Å². The van der Waals surface area contributed by atoms with E-state index in [0.29, 0.717) is 0 Å². The molecule has 0 aromatic carbocycles. The average molecular weight is 270 g/mol. The Balaban J connectivity index is 2.51. The smallest absolute Gasteiger partial charge is 0.225 e. The van der Waals surface area contributed by atoms with Gasteiger partial charge in [-0.2, -0.15) is 0 Å². The number of rotatable bonds is 5. The van der Waals surface area contributed by atoms with Crippen molar-refractivity contribution < 1.29 is 10.0 Å². The number of hydrogen-bond acceptors (Lipinski definition) is 4. The Kier molecular flexibility index (Phi) is 6.08. The summed E-state index contributed by atoms with van der Waals surface area (Å²) in [5, 5.41) is 11.7. The maximum Gasteiger partial charge on any atom is 0.225 e. The van der Waals surface area contributed by atoms with Crippen LogP contribution < -0.4 is 5.73 Å². The molecule has 0 aromatic heterocycles. The minimum atomic E-state index is -0.0876. The zero-order valence-corrected chi connectivity index (χ0v) is 12.2. The average Bonchev–Trinajstić information content (AvgIpc) is 2.47. The molecule has 0 aromatic rings. The van der Waals surface area contributed by atoms with Gasteiger partial charge in [0.05, 0.1) is 6.04 Å². The highest BCUT2D eigenvalue weighted by molar-refractivity contribution is 5.84. The van der Waals surface area contributed by atoms with Crippen LogP contribution in [0, 0.1) is 5.92 Å². The van der Waals surface area contributed by atoms with Crippen LogP contribution >= 0.6 is 0 Å². The molecular weight excluding hydrogens is 244 g/mol. The van der Waals surface area contributed by atoms with Crippen LogP contribution in [0.15, 0.2) is 5.16 Å². The van der Waals surface area contributed by atoms with Crippen LogP contribution in [0.3, 0.4) is 0 Å². The lowest BCUT2D eigenvalue weighted by atomic mass is 10.0. The molecule has 6 nitrogen and oxygen atoms in total. The molecule has 1 heterocycles. The van der Waals surface area contributed by atoms with Gasteiger partial charge < -0.3 is 15.8 Å². The Morgan fingerprint density at radius 1 is 1.26 bits per heavy atom. The van der Waals surface area contributed by atoms with Crippen molar-refractivity contribution in [1.29, 1.82) is 0 Å². The Morgan fingerprint density at radius 2 is 1.79 bits per heavy atom. The number of amides is 1. The van der Waals surface area contributed by atoms with Crippen LogP contribution in [0.5, 0.6) is 0 Å². The molecule has 1 saturated heterocycles. The van der Waals surface area contributed by atoms with E-state index < -0.39 is 0 Å². The molecule has 1 aliphatic rings. The molecule has 1 aliphatic heterocycles. The maximum atomic E-state index is 12.2. The Morgan fingerprint density at radius 3 is 2.21 bits per heavy atom. The molecule has 1 amide bonds. The van der Waals surface area contributed by atoms with Crippen LogP contribution in [0.1, 0.15) is 33.6 Å². The van der Waals surface area contributed by atoms with Crippen molar-refractivity contribution in [2.45, 2.75) is 39.7 Å². The predicted molar refractivity (Wildman–Crippen MR) is 75.1 cm³/mol. The van der Waals surface area contributed by atoms with E-state index in [-0.39, 0.29) is 23.7 Å². The lowest BCUT2D eigenvalue weighted by molar-refractivity contribution is -0.137. The van der Waals surface area contributed by atoms with E-state index in [9.17, 15) is 4.79 Å². The molecule has 0 bridgehead atoms. The number of oxime groups is 1. The molecule has 1 rings (SSSR count). The molecule has 1 atom stereocenters. The lowest BCUT2D eigenvalue weighted by Gasteiger charge is -2.38. The summed E-state index contributed by atoms with van der Waals surface area (Å²) in [7, 11) is 0. The number of nitrogens with two attached hydrogens (primary N) is 1. The van der Waals surface area contributed by atoms with Crippen molar-refractivity contribution in [3.8, 4) is 0 Å². The molecule has 0 spiro atoms. The molecule has 6 heteroatoms. The fraction of sp³-hybridized carbons (Fsp3) is 0.846. The minimum Gasteiger partial charge on any atom is -0.409 e. The van der Waals surface area contributed by atoms with E-state index in [1.54, 1.807) is 0 Å². The van der Waals surface area contributed by atoms with Crippen LogP contribution in [0.4, 0.5) is 0 Å². The molecule has 3 N–H and O–H groups in total. The van der Waals surface area contributed by atoms with Gasteiger partial charge in [-0.05, 0) is 19.8 Å². The summed E-state index contributed by atoms with van der Waals surface area (Å²) < 4.78 is 0.